The first-order valence-electron chi connectivity index (χ1n) is 17.7. The fourth-order valence-corrected chi connectivity index (χ4v) is 8.76. The topological polar surface area (TPSA) is 99.6 Å². The molecule has 3 fully saturated rings. The second-order valence-electron chi connectivity index (χ2n) is 14.4. The predicted octanol–water partition coefficient (Wildman–Crippen LogP) is 6.00. The van der Waals surface area contributed by atoms with Gasteiger partial charge in [0, 0.05) is 24.5 Å². The van der Waals surface area contributed by atoms with Gasteiger partial charge in [0.2, 0.25) is 11.8 Å². The summed E-state index contributed by atoms with van der Waals surface area (Å²) in [6.45, 7) is 18.2. The van der Waals surface area contributed by atoms with Gasteiger partial charge in [0.15, 0.2) is 0 Å². The highest BCUT2D eigenvalue weighted by molar-refractivity contribution is 6.07. The Labute approximate surface area is 295 Å². The number of nitrogens with zero attached hydrogens (tertiary/aromatic N) is 3. The van der Waals surface area contributed by atoms with Gasteiger partial charge in [0.25, 0.3) is 5.91 Å². The molecular formula is C41H49N3O6. The van der Waals surface area contributed by atoms with Gasteiger partial charge in [0.1, 0.15) is 17.4 Å². The van der Waals surface area contributed by atoms with Crippen molar-refractivity contribution in [3.63, 3.8) is 0 Å². The number of amides is 3. The summed E-state index contributed by atoms with van der Waals surface area (Å²) in [7, 11) is 0. The van der Waals surface area contributed by atoms with E-state index in [0.29, 0.717) is 30.2 Å². The zero-order valence-corrected chi connectivity index (χ0v) is 29.7. The molecule has 3 heterocycles. The summed E-state index contributed by atoms with van der Waals surface area (Å²) < 4.78 is 12.7. The molecule has 3 saturated heterocycles. The summed E-state index contributed by atoms with van der Waals surface area (Å²) >= 11 is 0. The molecule has 9 heteroatoms. The Hall–Kier alpha value is -4.47. The van der Waals surface area contributed by atoms with Crippen molar-refractivity contribution in [2.75, 3.05) is 36.1 Å². The van der Waals surface area contributed by atoms with E-state index >= 15 is 9.59 Å². The number of aliphatic hydroxyl groups is 1. The van der Waals surface area contributed by atoms with Crippen LogP contribution in [-0.4, -0.2) is 77.3 Å². The fourth-order valence-electron chi connectivity index (χ4n) is 8.76. The minimum atomic E-state index is -1.29. The average molecular weight is 680 g/mol. The van der Waals surface area contributed by atoms with Crippen LogP contribution in [0, 0.1) is 23.7 Å². The van der Waals surface area contributed by atoms with E-state index in [1.807, 2.05) is 101 Å². The Morgan fingerprint density at radius 1 is 1.00 bits per heavy atom. The Kier molecular flexibility index (Phi) is 9.68. The number of benzene rings is 3. The molecule has 50 heavy (non-hydrogen) atoms. The van der Waals surface area contributed by atoms with Crippen LogP contribution in [0.2, 0.25) is 0 Å². The Bertz CT molecular complexity index is 1790. The van der Waals surface area contributed by atoms with Crippen molar-refractivity contribution in [2.24, 2.45) is 23.7 Å². The summed E-state index contributed by atoms with van der Waals surface area (Å²) in [5.41, 5.74) is -1.01. The third kappa shape index (κ3) is 5.51. The zero-order valence-electron chi connectivity index (χ0n) is 29.7. The van der Waals surface area contributed by atoms with E-state index in [4.69, 9.17) is 9.47 Å². The number of carbonyl (C=O) groups is 3. The maximum absolute atomic E-state index is 15.2. The Morgan fingerprint density at radius 3 is 2.22 bits per heavy atom. The Balaban J connectivity index is 1.47. The lowest BCUT2D eigenvalue weighted by molar-refractivity contribution is -0.150. The molecule has 0 aliphatic carbocycles. The number of hydrogen-bond donors (Lipinski definition) is 1. The van der Waals surface area contributed by atoms with E-state index in [9.17, 15) is 9.90 Å². The van der Waals surface area contributed by atoms with Crippen LogP contribution in [0.15, 0.2) is 92.0 Å². The molecule has 3 aromatic rings. The first kappa shape index (κ1) is 35.4. The van der Waals surface area contributed by atoms with Crippen LogP contribution in [-0.2, 0) is 19.1 Å². The molecule has 7 atom stereocenters. The van der Waals surface area contributed by atoms with Gasteiger partial charge in [-0.3, -0.25) is 14.4 Å². The number of carbonyl (C=O) groups excluding carboxylic acids is 3. The van der Waals surface area contributed by atoms with Crippen LogP contribution >= 0.6 is 0 Å². The van der Waals surface area contributed by atoms with Crippen LogP contribution in [0.25, 0.3) is 10.8 Å². The molecule has 0 saturated carbocycles. The van der Waals surface area contributed by atoms with Gasteiger partial charge >= 0.3 is 0 Å². The lowest BCUT2D eigenvalue weighted by Crippen LogP contribution is -2.60. The summed E-state index contributed by atoms with van der Waals surface area (Å²) in [5.74, 6) is -2.39. The van der Waals surface area contributed by atoms with E-state index in [-0.39, 0.29) is 49.3 Å². The summed E-state index contributed by atoms with van der Waals surface area (Å²) in [5, 5.41) is 12.8. The highest BCUT2D eigenvalue weighted by Crippen LogP contribution is 2.66. The van der Waals surface area contributed by atoms with E-state index in [1.54, 1.807) is 26.9 Å². The first-order valence-corrected chi connectivity index (χ1v) is 17.7. The zero-order chi connectivity index (χ0) is 36.0. The number of fused-ring (bicyclic) bond motifs is 2. The molecular weight excluding hydrogens is 630 g/mol. The van der Waals surface area contributed by atoms with Crippen molar-refractivity contribution in [3.8, 4) is 5.75 Å². The molecule has 3 unspecified atom stereocenters. The molecule has 3 aliphatic rings. The van der Waals surface area contributed by atoms with Crippen molar-refractivity contribution in [3.05, 3.63) is 92.0 Å². The second kappa shape index (κ2) is 13.7. The lowest BCUT2D eigenvalue weighted by atomic mass is 9.62. The van der Waals surface area contributed by atoms with Crippen LogP contribution in [0.5, 0.6) is 5.75 Å². The number of likely N-dealkylation sites (tertiary alicyclic amines) is 1. The third-order valence-corrected chi connectivity index (χ3v) is 11.2. The number of anilines is 2. The van der Waals surface area contributed by atoms with Crippen molar-refractivity contribution in [1.29, 1.82) is 0 Å². The van der Waals surface area contributed by atoms with Gasteiger partial charge in [-0.2, -0.15) is 0 Å². The predicted molar refractivity (Wildman–Crippen MR) is 196 cm³/mol. The summed E-state index contributed by atoms with van der Waals surface area (Å²) in [4.78, 5) is 50.0. The molecule has 264 valence electrons. The van der Waals surface area contributed by atoms with Gasteiger partial charge in [-0.05, 0) is 79.3 Å². The molecule has 3 aromatic carbocycles. The Morgan fingerprint density at radius 2 is 1.62 bits per heavy atom. The van der Waals surface area contributed by atoms with E-state index in [2.05, 4.69) is 13.2 Å². The lowest BCUT2D eigenvalue weighted by Gasteiger charge is -2.40. The summed E-state index contributed by atoms with van der Waals surface area (Å²) in [6.07, 6.45) is 3.75. The SMILES string of the molecule is C=CCN(C(=O)C1N([C@@H](CO)C(C)C)C(=O)[C@@H]2[C@H](C(=O)N(CC=C)c3ccc(OCC)cc3)[C@@]3(C)OC12CC3C)c1ccc2ccccc2c1. The molecule has 0 radical (unpaired) electrons. The molecule has 3 aliphatic heterocycles. The maximum atomic E-state index is 15.2. The van der Waals surface area contributed by atoms with Gasteiger partial charge < -0.3 is 29.3 Å². The second-order valence-corrected chi connectivity index (χ2v) is 14.4. The average Bonchev–Trinajstić information content (AvgIpc) is 3.62. The quantitative estimate of drug-likeness (QED) is 0.223. The normalized spacial score (nSPS) is 27.3. The summed E-state index contributed by atoms with van der Waals surface area (Å²) in [6, 6.07) is 19.3. The standard InChI is InChI=1S/C41H49N3O6/c1-8-21-42(30-17-19-32(20-18-30)49-10-3)37(46)34-35-38(47)44(33(25-45)26(4)5)36(41(35)24-27(6)40(34,7)50-41)39(48)43(22-9-2)31-16-15-28-13-11-12-14-29(28)23-31/h8-9,11-20,23,26-27,33-36,45H,1-2,10,21-22,24-25H2,3-7H3/t27?,33-,34+,35-,36?,40-,41?/m0/s1. The maximum Gasteiger partial charge on any atom is 0.253 e. The minimum absolute atomic E-state index is 0.151. The molecule has 1 N–H and O–H groups in total. The van der Waals surface area contributed by atoms with Crippen LogP contribution < -0.4 is 14.5 Å². The van der Waals surface area contributed by atoms with Crippen molar-refractivity contribution in [1.82, 2.24) is 4.90 Å². The number of aliphatic hydroxyl groups excluding tert-OH is 1. The van der Waals surface area contributed by atoms with Crippen LogP contribution in [0.3, 0.4) is 0 Å². The third-order valence-electron chi connectivity index (χ3n) is 11.2. The molecule has 3 amide bonds. The minimum Gasteiger partial charge on any atom is -0.494 e. The monoisotopic (exact) mass is 679 g/mol. The van der Waals surface area contributed by atoms with Crippen molar-refractivity contribution >= 4 is 39.9 Å². The smallest absolute Gasteiger partial charge is 0.253 e. The number of hydrogen-bond acceptors (Lipinski definition) is 6. The van der Waals surface area contributed by atoms with Crippen molar-refractivity contribution in [2.45, 2.75) is 64.3 Å². The van der Waals surface area contributed by atoms with Gasteiger partial charge in [0.05, 0.1) is 36.7 Å². The fraction of sp³-hybridized carbons (Fsp3) is 0.439. The van der Waals surface area contributed by atoms with Crippen LogP contribution in [0.1, 0.15) is 41.0 Å². The molecule has 1 spiro atoms. The molecule has 9 nitrogen and oxygen atoms in total. The van der Waals surface area contributed by atoms with Gasteiger partial charge in [-0.15, -0.1) is 13.2 Å². The number of rotatable bonds is 13. The van der Waals surface area contributed by atoms with E-state index in [0.717, 1.165) is 10.8 Å². The van der Waals surface area contributed by atoms with Gasteiger partial charge in [-0.25, -0.2) is 0 Å². The van der Waals surface area contributed by atoms with Crippen molar-refractivity contribution < 1.29 is 29.0 Å². The van der Waals surface area contributed by atoms with E-state index in [1.165, 1.54) is 0 Å². The van der Waals surface area contributed by atoms with Crippen LogP contribution in [0.4, 0.5) is 11.4 Å². The highest BCUT2D eigenvalue weighted by atomic mass is 16.5. The molecule has 2 bridgehead atoms. The van der Waals surface area contributed by atoms with Gasteiger partial charge in [-0.1, -0.05) is 63.3 Å². The molecule has 0 aromatic heterocycles. The highest BCUT2D eigenvalue weighted by Gasteiger charge is 2.80. The largest absolute Gasteiger partial charge is 0.494 e. The molecule has 6 rings (SSSR count). The van der Waals surface area contributed by atoms with E-state index < -0.39 is 35.1 Å². The number of ether oxygens (including phenoxy) is 2. The first-order chi connectivity index (χ1) is 24.0.